The van der Waals surface area contributed by atoms with Gasteiger partial charge in [-0.15, -0.1) is 11.3 Å². The summed E-state index contributed by atoms with van der Waals surface area (Å²) in [5, 5.41) is 5.24. The summed E-state index contributed by atoms with van der Waals surface area (Å²) in [6.45, 7) is 1.16. The van der Waals surface area contributed by atoms with E-state index in [9.17, 15) is 17.6 Å². The Labute approximate surface area is 187 Å². The van der Waals surface area contributed by atoms with Crippen molar-refractivity contribution in [1.82, 2.24) is 10.3 Å². The van der Waals surface area contributed by atoms with Gasteiger partial charge in [-0.3, -0.25) is 9.52 Å². The lowest BCUT2D eigenvalue weighted by Gasteiger charge is -2.18. The molecule has 2 heterocycles. The maximum atomic E-state index is 13.0. The van der Waals surface area contributed by atoms with Crippen molar-refractivity contribution in [2.75, 3.05) is 22.7 Å². The molecule has 1 aromatic heterocycles. The zero-order valence-corrected chi connectivity index (χ0v) is 18.1. The average Bonchev–Trinajstić information content (AvgIpc) is 3.39. The standard InChI is InChI=1S/C21H21FN4O3S2.2H2/c22-16-3-1-15(2-4-16)9-11-23-19-10-13-26(20(19)27)17-5-7-18(8-6-17)31(28,29)25-21-24-12-14-30-21;;/h1-8,12,14,19,23H,9-11,13H2,(H,24,25);2*1H/t19-;;/m0../s1. The van der Waals surface area contributed by atoms with Crippen LogP contribution in [0.5, 0.6) is 0 Å². The second-order valence-corrected chi connectivity index (χ2v) is 9.68. The Balaban J connectivity index is 0.00000193. The van der Waals surface area contributed by atoms with Crippen LogP contribution >= 0.6 is 11.3 Å². The number of anilines is 2. The summed E-state index contributed by atoms with van der Waals surface area (Å²) in [5.74, 6) is -0.313. The van der Waals surface area contributed by atoms with Crippen LogP contribution in [0.15, 0.2) is 65.0 Å². The number of halogens is 1. The zero-order valence-electron chi connectivity index (χ0n) is 16.5. The molecule has 166 valence electrons. The minimum atomic E-state index is -3.73. The first-order valence-corrected chi connectivity index (χ1v) is 12.1. The van der Waals surface area contributed by atoms with E-state index in [0.717, 1.165) is 5.56 Å². The topological polar surface area (TPSA) is 91.4 Å². The molecule has 0 unspecified atom stereocenters. The molecule has 2 N–H and O–H groups in total. The van der Waals surface area contributed by atoms with Crippen molar-refractivity contribution in [2.45, 2.75) is 23.8 Å². The number of benzene rings is 2. The second kappa shape index (κ2) is 9.13. The van der Waals surface area contributed by atoms with Crippen LogP contribution in [-0.4, -0.2) is 38.4 Å². The summed E-state index contributed by atoms with van der Waals surface area (Å²) in [7, 11) is -3.73. The molecule has 1 atom stereocenters. The molecule has 1 amide bonds. The van der Waals surface area contributed by atoms with Gasteiger partial charge in [0.25, 0.3) is 10.0 Å². The van der Waals surface area contributed by atoms with Gasteiger partial charge in [-0.1, -0.05) is 12.1 Å². The Morgan fingerprint density at radius 3 is 2.58 bits per heavy atom. The predicted molar refractivity (Wildman–Crippen MR) is 122 cm³/mol. The minimum Gasteiger partial charge on any atom is -0.311 e. The zero-order chi connectivity index (χ0) is 21.8. The predicted octanol–water partition coefficient (Wildman–Crippen LogP) is 3.51. The maximum Gasteiger partial charge on any atom is 0.263 e. The van der Waals surface area contributed by atoms with Gasteiger partial charge in [0.1, 0.15) is 5.82 Å². The van der Waals surface area contributed by atoms with Crippen LogP contribution in [0.3, 0.4) is 0 Å². The first-order valence-electron chi connectivity index (χ1n) is 9.74. The number of aromatic nitrogens is 1. The van der Waals surface area contributed by atoms with E-state index < -0.39 is 10.0 Å². The molecule has 4 rings (SSSR count). The highest BCUT2D eigenvalue weighted by Gasteiger charge is 2.32. The fraction of sp³-hybridized carbons (Fsp3) is 0.238. The Morgan fingerprint density at radius 2 is 1.90 bits per heavy atom. The van der Waals surface area contributed by atoms with Gasteiger partial charge in [0, 0.05) is 26.7 Å². The lowest BCUT2D eigenvalue weighted by atomic mass is 10.1. The number of thiazole rings is 1. The largest absolute Gasteiger partial charge is 0.311 e. The molecule has 0 bridgehead atoms. The Morgan fingerprint density at radius 1 is 1.16 bits per heavy atom. The molecule has 0 saturated carbocycles. The molecule has 31 heavy (non-hydrogen) atoms. The number of nitrogens with zero attached hydrogens (tertiary/aromatic N) is 2. The molecule has 1 fully saturated rings. The van der Waals surface area contributed by atoms with Crippen molar-refractivity contribution in [3.05, 3.63) is 71.5 Å². The SMILES string of the molecule is O=C1[C@@H](NCCc2ccc(F)cc2)CCN1c1ccc(S(=O)(=O)Nc2nccs2)cc1.[HH].[HH]. The van der Waals surface area contributed by atoms with Crippen molar-refractivity contribution in [3.63, 3.8) is 0 Å². The van der Waals surface area contributed by atoms with Gasteiger partial charge in [0.05, 0.1) is 10.9 Å². The van der Waals surface area contributed by atoms with Crippen molar-refractivity contribution in [2.24, 2.45) is 0 Å². The highest BCUT2D eigenvalue weighted by Crippen LogP contribution is 2.25. The number of hydrogen-bond donors (Lipinski definition) is 2. The number of sulfonamides is 1. The van der Waals surface area contributed by atoms with Crippen LogP contribution in [0.1, 0.15) is 14.8 Å². The summed E-state index contributed by atoms with van der Waals surface area (Å²) >= 11 is 1.20. The number of rotatable bonds is 8. The van der Waals surface area contributed by atoms with Crippen LogP contribution in [0, 0.1) is 5.82 Å². The average molecular weight is 465 g/mol. The lowest BCUT2D eigenvalue weighted by Crippen LogP contribution is -2.39. The van der Waals surface area contributed by atoms with Gasteiger partial charge in [0.2, 0.25) is 5.91 Å². The number of carbonyl (C=O) groups excluding carboxylic acids is 1. The fourth-order valence-electron chi connectivity index (χ4n) is 3.42. The maximum absolute atomic E-state index is 13.0. The summed E-state index contributed by atoms with van der Waals surface area (Å²) in [6, 6.07) is 12.3. The fourth-order valence-corrected chi connectivity index (χ4v) is 5.21. The van der Waals surface area contributed by atoms with E-state index in [4.69, 9.17) is 0 Å². The van der Waals surface area contributed by atoms with Crippen LogP contribution < -0.4 is 14.9 Å². The van der Waals surface area contributed by atoms with Crippen LogP contribution in [0.2, 0.25) is 0 Å². The third-order valence-corrected chi connectivity index (χ3v) is 7.21. The highest BCUT2D eigenvalue weighted by molar-refractivity contribution is 7.93. The molecule has 0 radical (unpaired) electrons. The molecular formula is C21H25FN4O3S2. The molecule has 7 nitrogen and oxygen atoms in total. The summed E-state index contributed by atoms with van der Waals surface area (Å²) in [5.41, 5.74) is 1.65. The van der Waals surface area contributed by atoms with E-state index in [1.807, 2.05) is 0 Å². The van der Waals surface area contributed by atoms with Gasteiger partial charge < -0.3 is 10.2 Å². The molecule has 3 aromatic rings. The van der Waals surface area contributed by atoms with Crippen molar-refractivity contribution in [3.8, 4) is 0 Å². The van der Waals surface area contributed by atoms with Crippen LogP contribution in [0.4, 0.5) is 15.2 Å². The molecule has 10 heteroatoms. The Kier molecular flexibility index (Phi) is 6.30. The molecule has 2 aromatic carbocycles. The van der Waals surface area contributed by atoms with E-state index >= 15 is 0 Å². The highest BCUT2D eigenvalue weighted by atomic mass is 32.2. The number of nitrogens with one attached hydrogen (secondary N) is 2. The molecule has 1 saturated heterocycles. The van der Waals surface area contributed by atoms with E-state index in [1.54, 1.807) is 34.5 Å². The lowest BCUT2D eigenvalue weighted by molar-refractivity contribution is -0.118. The monoisotopic (exact) mass is 464 g/mol. The van der Waals surface area contributed by atoms with Gasteiger partial charge in [-0.2, -0.15) is 0 Å². The van der Waals surface area contributed by atoms with E-state index in [1.165, 1.54) is 41.8 Å². The molecule has 1 aliphatic rings. The van der Waals surface area contributed by atoms with E-state index in [2.05, 4.69) is 15.0 Å². The van der Waals surface area contributed by atoms with Gasteiger partial charge in [0.15, 0.2) is 5.13 Å². The van der Waals surface area contributed by atoms with Gasteiger partial charge in [-0.05, 0) is 61.3 Å². The number of amides is 1. The minimum absolute atomic E-state index is 0. The first-order chi connectivity index (χ1) is 14.9. The summed E-state index contributed by atoms with van der Waals surface area (Å²) < 4.78 is 40.3. The third-order valence-electron chi connectivity index (χ3n) is 5.04. The normalized spacial score (nSPS) is 16.6. The quantitative estimate of drug-likeness (QED) is 0.532. The first kappa shape index (κ1) is 21.4. The van der Waals surface area contributed by atoms with Crippen LogP contribution in [-0.2, 0) is 21.2 Å². The van der Waals surface area contributed by atoms with E-state index in [0.29, 0.717) is 36.8 Å². The summed E-state index contributed by atoms with van der Waals surface area (Å²) in [4.78, 5) is 18.4. The summed E-state index contributed by atoms with van der Waals surface area (Å²) in [6.07, 6.45) is 2.88. The number of carbonyl (C=O) groups is 1. The smallest absolute Gasteiger partial charge is 0.263 e. The van der Waals surface area contributed by atoms with Gasteiger partial charge >= 0.3 is 0 Å². The van der Waals surface area contributed by atoms with Gasteiger partial charge in [-0.25, -0.2) is 17.8 Å². The molecule has 0 aliphatic carbocycles. The third kappa shape index (κ3) is 5.09. The second-order valence-electron chi connectivity index (χ2n) is 7.10. The Bertz CT molecular complexity index is 1150. The van der Waals surface area contributed by atoms with Crippen molar-refractivity contribution in [1.29, 1.82) is 0 Å². The van der Waals surface area contributed by atoms with Crippen molar-refractivity contribution < 1.29 is 20.5 Å². The van der Waals surface area contributed by atoms with Crippen LogP contribution in [0.25, 0.3) is 0 Å². The Hall–Kier alpha value is -2.82. The molecule has 0 spiro atoms. The molecule has 1 aliphatic heterocycles. The molecular weight excluding hydrogens is 439 g/mol. The van der Waals surface area contributed by atoms with E-state index in [-0.39, 0.29) is 25.5 Å². The number of hydrogen-bond acceptors (Lipinski definition) is 6. The van der Waals surface area contributed by atoms with Crippen molar-refractivity contribution >= 4 is 38.1 Å².